The van der Waals surface area contributed by atoms with E-state index in [1.165, 1.54) is 12.5 Å². The molecule has 0 aliphatic carbocycles. The van der Waals surface area contributed by atoms with E-state index in [0.717, 1.165) is 5.56 Å². The lowest BCUT2D eigenvalue weighted by molar-refractivity contribution is -0.117. The van der Waals surface area contributed by atoms with Gasteiger partial charge in [0.1, 0.15) is 11.8 Å². The average molecular weight is 244 g/mol. The number of nitrogens with one attached hydrogen (secondary N) is 1. The molecule has 0 aliphatic heterocycles. The van der Waals surface area contributed by atoms with Crippen LogP contribution in [-0.4, -0.2) is 17.6 Å². The minimum Gasteiger partial charge on any atom is -0.511 e. The summed E-state index contributed by atoms with van der Waals surface area (Å²) >= 11 is 0. The molecule has 94 valence electrons. The third-order valence-electron chi connectivity index (χ3n) is 2.52. The summed E-state index contributed by atoms with van der Waals surface area (Å²) in [7, 11) is 0. The molecule has 1 aromatic carbocycles. The third kappa shape index (κ3) is 3.95. The highest BCUT2D eigenvalue weighted by Crippen LogP contribution is 2.04. The molecule has 1 aromatic rings. The van der Waals surface area contributed by atoms with E-state index in [0.29, 0.717) is 13.0 Å². The zero-order chi connectivity index (χ0) is 13.5. The first kappa shape index (κ1) is 13.8. The van der Waals surface area contributed by atoms with Crippen LogP contribution >= 0.6 is 0 Å². The molecular weight excluding hydrogens is 228 g/mol. The molecular formula is C14H16N2O2. The SMILES string of the molecule is C/C(O)=C(\C#N)C(=O)NCCc1ccc(C)cc1. The molecule has 0 fully saturated rings. The van der Waals surface area contributed by atoms with Gasteiger partial charge in [-0.3, -0.25) is 4.79 Å². The predicted molar refractivity (Wildman–Crippen MR) is 68.8 cm³/mol. The second-order valence-electron chi connectivity index (χ2n) is 4.06. The second-order valence-corrected chi connectivity index (χ2v) is 4.06. The Balaban J connectivity index is 2.48. The molecule has 0 atom stereocenters. The van der Waals surface area contributed by atoms with E-state index in [-0.39, 0.29) is 11.3 Å². The second kappa shape index (κ2) is 6.45. The maximum atomic E-state index is 11.5. The number of nitrogens with zero attached hydrogens (tertiary/aromatic N) is 1. The number of aliphatic hydroxyl groups excluding tert-OH is 1. The zero-order valence-corrected chi connectivity index (χ0v) is 10.5. The maximum Gasteiger partial charge on any atom is 0.265 e. The lowest BCUT2D eigenvalue weighted by Gasteiger charge is -2.05. The summed E-state index contributed by atoms with van der Waals surface area (Å²) in [6, 6.07) is 9.69. The fraction of sp³-hybridized carbons (Fsp3) is 0.286. The molecule has 1 amide bonds. The van der Waals surface area contributed by atoms with Gasteiger partial charge in [0.25, 0.3) is 5.91 Å². The highest BCUT2D eigenvalue weighted by molar-refractivity contribution is 5.97. The van der Waals surface area contributed by atoms with Crippen molar-refractivity contribution in [1.82, 2.24) is 5.32 Å². The van der Waals surface area contributed by atoms with Gasteiger partial charge in [-0.25, -0.2) is 0 Å². The van der Waals surface area contributed by atoms with Crippen LogP contribution in [-0.2, 0) is 11.2 Å². The Hall–Kier alpha value is -2.28. The number of hydrogen-bond donors (Lipinski definition) is 2. The summed E-state index contributed by atoms with van der Waals surface area (Å²) in [6.45, 7) is 3.76. The van der Waals surface area contributed by atoms with Crippen molar-refractivity contribution in [2.45, 2.75) is 20.3 Å². The first-order valence-corrected chi connectivity index (χ1v) is 5.68. The summed E-state index contributed by atoms with van der Waals surface area (Å²) in [5, 5.41) is 20.4. The normalized spacial score (nSPS) is 11.4. The van der Waals surface area contributed by atoms with Crippen LogP contribution in [0.4, 0.5) is 0 Å². The Morgan fingerprint density at radius 3 is 2.50 bits per heavy atom. The Labute approximate surface area is 107 Å². The maximum absolute atomic E-state index is 11.5. The number of amides is 1. The minimum absolute atomic E-state index is 0.237. The molecule has 0 saturated heterocycles. The Morgan fingerprint density at radius 2 is 2.00 bits per heavy atom. The fourth-order valence-corrected chi connectivity index (χ4v) is 1.46. The molecule has 2 N–H and O–H groups in total. The van der Waals surface area contributed by atoms with E-state index in [4.69, 9.17) is 10.4 Å². The molecule has 0 bridgehead atoms. The van der Waals surface area contributed by atoms with Crippen molar-refractivity contribution in [3.8, 4) is 6.07 Å². The number of nitriles is 1. The Morgan fingerprint density at radius 1 is 1.39 bits per heavy atom. The number of hydrogen-bond acceptors (Lipinski definition) is 3. The van der Waals surface area contributed by atoms with E-state index in [9.17, 15) is 4.79 Å². The van der Waals surface area contributed by atoms with Crippen molar-refractivity contribution in [3.63, 3.8) is 0 Å². The van der Waals surface area contributed by atoms with Gasteiger partial charge in [0, 0.05) is 6.54 Å². The monoisotopic (exact) mass is 244 g/mol. The van der Waals surface area contributed by atoms with Crippen LogP contribution in [0.1, 0.15) is 18.1 Å². The van der Waals surface area contributed by atoms with Crippen LogP contribution in [0.2, 0.25) is 0 Å². The molecule has 0 aliphatic rings. The van der Waals surface area contributed by atoms with Crippen molar-refractivity contribution in [2.75, 3.05) is 6.54 Å². The van der Waals surface area contributed by atoms with Gasteiger partial charge in [0.2, 0.25) is 0 Å². The highest BCUT2D eigenvalue weighted by Gasteiger charge is 2.11. The average Bonchev–Trinajstić information content (AvgIpc) is 2.32. The van der Waals surface area contributed by atoms with Crippen LogP contribution in [0, 0.1) is 18.3 Å². The molecule has 0 saturated carbocycles. The first-order chi connectivity index (χ1) is 8.54. The number of aliphatic hydroxyl groups is 1. The van der Waals surface area contributed by atoms with E-state index in [1.54, 1.807) is 6.07 Å². The lowest BCUT2D eigenvalue weighted by atomic mass is 10.1. The standard InChI is InChI=1S/C14H16N2O2/c1-10-3-5-12(6-4-10)7-8-16-14(18)13(9-15)11(2)17/h3-6,17H,7-8H2,1-2H3,(H,16,18)/b13-11-. The van der Waals surface area contributed by atoms with Gasteiger partial charge in [0.15, 0.2) is 5.57 Å². The fourth-order valence-electron chi connectivity index (χ4n) is 1.46. The number of carbonyl (C=O) groups excluding carboxylic acids is 1. The number of rotatable bonds is 4. The summed E-state index contributed by atoms with van der Waals surface area (Å²) in [4.78, 5) is 11.5. The van der Waals surface area contributed by atoms with E-state index in [1.807, 2.05) is 31.2 Å². The van der Waals surface area contributed by atoms with Crippen LogP contribution < -0.4 is 5.32 Å². The summed E-state index contributed by atoms with van der Waals surface area (Å²) in [5.41, 5.74) is 2.07. The Bertz CT molecular complexity index is 492. The summed E-state index contributed by atoms with van der Waals surface area (Å²) < 4.78 is 0. The van der Waals surface area contributed by atoms with Crippen molar-refractivity contribution < 1.29 is 9.90 Å². The zero-order valence-electron chi connectivity index (χ0n) is 10.5. The van der Waals surface area contributed by atoms with E-state index >= 15 is 0 Å². The molecule has 0 spiro atoms. The largest absolute Gasteiger partial charge is 0.511 e. The predicted octanol–water partition coefficient (Wildman–Crippen LogP) is 2.01. The number of allylic oxidation sites excluding steroid dienone is 1. The Kier molecular flexibility index (Phi) is 4.94. The third-order valence-corrected chi connectivity index (χ3v) is 2.52. The van der Waals surface area contributed by atoms with Gasteiger partial charge in [-0.15, -0.1) is 0 Å². The van der Waals surface area contributed by atoms with E-state index < -0.39 is 5.91 Å². The molecule has 0 heterocycles. The van der Waals surface area contributed by atoms with E-state index in [2.05, 4.69) is 5.32 Å². The van der Waals surface area contributed by atoms with Gasteiger partial charge in [-0.05, 0) is 25.8 Å². The van der Waals surface area contributed by atoms with Crippen molar-refractivity contribution in [2.24, 2.45) is 0 Å². The van der Waals surface area contributed by atoms with Crippen molar-refractivity contribution in [3.05, 3.63) is 46.7 Å². The van der Waals surface area contributed by atoms with Gasteiger partial charge in [-0.1, -0.05) is 29.8 Å². The minimum atomic E-state index is -0.537. The molecule has 0 radical (unpaired) electrons. The molecule has 18 heavy (non-hydrogen) atoms. The number of carbonyl (C=O) groups is 1. The molecule has 1 rings (SSSR count). The summed E-state index contributed by atoms with van der Waals surface area (Å²) in [5.74, 6) is -0.796. The van der Waals surface area contributed by atoms with Crippen LogP contribution in [0.3, 0.4) is 0 Å². The van der Waals surface area contributed by atoms with Crippen LogP contribution in [0.15, 0.2) is 35.6 Å². The van der Waals surface area contributed by atoms with Crippen molar-refractivity contribution in [1.29, 1.82) is 5.26 Å². The van der Waals surface area contributed by atoms with Gasteiger partial charge in [0.05, 0.1) is 0 Å². The molecule has 0 aromatic heterocycles. The smallest absolute Gasteiger partial charge is 0.265 e. The van der Waals surface area contributed by atoms with Crippen LogP contribution in [0.5, 0.6) is 0 Å². The summed E-state index contributed by atoms with van der Waals surface area (Å²) in [6.07, 6.45) is 0.690. The topological polar surface area (TPSA) is 73.1 Å². The molecule has 4 nitrogen and oxygen atoms in total. The molecule has 0 unspecified atom stereocenters. The van der Waals surface area contributed by atoms with Gasteiger partial charge >= 0.3 is 0 Å². The number of aryl methyl sites for hydroxylation is 1. The quantitative estimate of drug-likeness (QED) is 0.483. The number of benzene rings is 1. The molecule has 4 heteroatoms. The first-order valence-electron chi connectivity index (χ1n) is 5.68. The highest BCUT2D eigenvalue weighted by atomic mass is 16.3. The van der Waals surface area contributed by atoms with Gasteiger partial charge < -0.3 is 10.4 Å². The lowest BCUT2D eigenvalue weighted by Crippen LogP contribution is -2.27. The van der Waals surface area contributed by atoms with Crippen molar-refractivity contribution >= 4 is 5.91 Å². The van der Waals surface area contributed by atoms with Crippen LogP contribution in [0.25, 0.3) is 0 Å². The van der Waals surface area contributed by atoms with Gasteiger partial charge in [-0.2, -0.15) is 5.26 Å².